The molecule has 2 aliphatic carbocycles. The van der Waals surface area contributed by atoms with E-state index in [9.17, 15) is 4.39 Å². The highest BCUT2D eigenvalue weighted by molar-refractivity contribution is 5.25. The average molecular weight is 359 g/mol. The molecule has 0 unspecified atom stereocenters. The lowest BCUT2D eigenvalue weighted by atomic mass is 9.68. The molecule has 0 heterocycles. The molecule has 0 aromatic heterocycles. The van der Waals surface area contributed by atoms with Crippen LogP contribution in [0.3, 0.4) is 0 Å². The zero-order valence-electron chi connectivity index (χ0n) is 16.3. The molecule has 0 bridgehead atoms. The molecule has 2 heteroatoms. The molecule has 0 N–H and O–H groups in total. The van der Waals surface area contributed by atoms with Gasteiger partial charge in [0.05, 0.1) is 12.9 Å². The Kier molecular flexibility index (Phi) is 7.73. The number of halogens is 1. The zero-order valence-corrected chi connectivity index (χ0v) is 16.3. The Morgan fingerprint density at radius 3 is 2.12 bits per heavy atom. The Bertz CT molecular complexity index is 534. The van der Waals surface area contributed by atoms with Crippen molar-refractivity contribution in [1.82, 2.24) is 0 Å². The normalized spacial score (nSPS) is 29.9. The van der Waals surface area contributed by atoms with Crippen molar-refractivity contribution in [3.8, 4) is 0 Å². The summed E-state index contributed by atoms with van der Waals surface area (Å²) in [4.78, 5) is 0. The lowest BCUT2D eigenvalue weighted by Gasteiger charge is -2.38. The van der Waals surface area contributed by atoms with Crippen LogP contribution in [-0.4, -0.2) is 7.11 Å². The van der Waals surface area contributed by atoms with Crippen molar-refractivity contribution in [3.05, 3.63) is 47.8 Å². The van der Waals surface area contributed by atoms with Crippen LogP contribution in [0.25, 0.3) is 0 Å². The van der Waals surface area contributed by atoms with Crippen molar-refractivity contribution in [2.45, 2.75) is 76.7 Å². The van der Waals surface area contributed by atoms with Gasteiger partial charge in [0.1, 0.15) is 0 Å². The van der Waals surface area contributed by atoms with Gasteiger partial charge < -0.3 is 4.74 Å². The third-order valence-electron chi connectivity index (χ3n) is 6.92. The molecule has 0 radical (unpaired) electrons. The number of rotatable bonds is 7. The van der Waals surface area contributed by atoms with E-state index in [4.69, 9.17) is 4.74 Å². The van der Waals surface area contributed by atoms with Gasteiger partial charge in [0, 0.05) is 7.11 Å². The minimum absolute atomic E-state index is 0.704. The van der Waals surface area contributed by atoms with Gasteiger partial charge in [0.25, 0.3) is 0 Å². The van der Waals surface area contributed by atoms with E-state index in [0.717, 1.165) is 30.1 Å². The first kappa shape index (κ1) is 19.6. The highest BCUT2D eigenvalue weighted by Crippen LogP contribution is 2.44. The van der Waals surface area contributed by atoms with Crippen molar-refractivity contribution >= 4 is 0 Å². The molecular formula is C24H35FO. The van der Waals surface area contributed by atoms with E-state index in [0.29, 0.717) is 12.9 Å². The summed E-state index contributed by atoms with van der Waals surface area (Å²) in [7, 11) is 1.75. The number of ether oxygens (including phenoxy) is 1. The SMILES string of the molecule is COCc1ccc([C@H]2CC[C@H]([C@H]3CC[C@H](CC/C=C/F)CC3)CC2)cc1. The van der Waals surface area contributed by atoms with E-state index >= 15 is 0 Å². The molecule has 3 rings (SSSR count). The molecule has 0 aliphatic heterocycles. The average Bonchev–Trinajstić information content (AvgIpc) is 2.70. The lowest BCUT2D eigenvalue weighted by molar-refractivity contribution is 0.157. The fourth-order valence-corrected chi connectivity index (χ4v) is 5.32. The Morgan fingerprint density at radius 2 is 1.54 bits per heavy atom. The van der Waals surface area contributed by atoms with E-state index in [1.165, 1.54) is 68.9 Å². The van der Waals surface area contributed by atoms with Crippen LogP contribution in [-0.2, 0) is 11.3 Å². The Hall–Kier alpha value is -1.15. The summed E-state index contributed by atoms with van der Waals surface area (Å²) in [6.45, 7) is 0.708. The van der Waals surface area contributed by atoms with Crippen molar-refractivity contribution < 1.29 is 9.13 Å². The molecule has 1 aromatic rings. The van der Waals surface area contributed by atoms with Crippen LogP contribution in [0.15, 0.2) is 36.7 Å². The summed E-state index contributed by atoms with van der Waals surface area (Å²) < 4.78 is 17.3. The molecule has 0 saturated heterocycles. The van der Waals surface area contributed by atoms with Crippen LogP contribution in [0.5, 0.6) is 0 Å². The van der Waals surface area contributed by atoms with Crippen LogP contribution in [0.4, 0.5) is 4.39 Å². The van der Waals surface area contributed by atoms with Crippen molar-refractivity contribution in [2.24, 2.45) is 17.8 Å². The van der Waals surface area contributed by atoms with Gasteiger partial charge in [-0.15, -0.1) is 0 Å². The highest BCUT2D eigenvalue weighted by Gasteiger charge is 2.31. The van der Waals surface area contributed by atoms with Gasteiger partial charge in [0.2, 0.25) is 0 Å². The molecule has 144 valence electrons. The van der Waals surface area contributed by atoms with Crippen LogP contribution in [0.2, 0.25) is 0 Å². The predicted octanol–water partition coefficient (Wildman–Crippen LogP) is 7.18. The van der Waals surface area contributed by atoms with Gasteiger partial charge in [-0.05, 0) is 86.2 Å². The minimum atomic E-state index is 0.704. The van der Waals surface area contributed by atoms with Gasteiger partial charge in [-0.2, -0.15) is 0 Å². The maximum absolute atomic E-state index is 12.1. The van der Waals surface area contributed by atoms with E-state index in [1.54, 1.807) is 13.2 Å². The van der Waals surface area contributed by atoms with Crippen LogP contribution in [0, 0.1) is 17.8 Å². The van der Waals surface area contributed by atoms with Crippen molar-refractivity contribution in [1.29, 1.82) is 0 Å². The van der Waals surface area contributed by atoms with Crippen LogP contribution >= 0.6 is 0 Å². The molecule has 1 aromatic carbocycles. The molecule has 0 spiro atoms. The topological polar surface area (TPSA) is 9.23 Å². The zero-order chi connectivity index (χ0) is 18.2. The second kappa shape index (κ2) is 10.3. The smallest absolute Gasteiger partial charge is 0.0827 e. The molecular weight excluding hydrogens is 323 g/mol. The van der Waals surface area contributed by atoms with Gasteiger partial charge in [-0.3, -0.25) is 0 Å². The molecule has 1 nitrogen and oxygen atoms in total. The fraction of sp³-hybridized carbons (Fsp3) is 0.667. The molecule has 2 saturated carbocycles. The summed E-state index contributed by atoms with van der Waals surface area (Å²) >= 11 is 0. The largest absolute Gasteiger partial charge is 0.380 e. The summed E-state index contributed by atoms with van der Waals surface area (Å²) in [5.41, 5.74) is 2.79. The van der Waals surface area contributed by atoms with Crippen molar-refractivity contribution in [3.63, 3.8) is 0 Å². The molecule has 2 fully saturated rings. The molecule has 26 heavy (non-hydrogen) atoms. The maximum atomic E-state index is 12.1. The monoisotopic (exact) mass is 358 g/mol. The van der Waals surface area contributed by atoms with Gasteiger partial charge >= 0.3 is 0 Å². The van der Waals surface area contributed by atoms with Gasteiger partial charge in [-0.1, -0.05) is 43.2 Å². The number of hydrogen-bond donors (Lipinski definition) is 0. The number of methoxy groups -OCH3 is 1. The molecule has 0 atom stereocenters. The predicted molar refractivity (Wildman–Crippen MR) is 107 cm³/mol. The second-order valence-corrected chi connectivity index (χ2v) is 8.51. The van der Waals surface area contributed by atoms with Crippen LogP contribution < -0.4 is 0 Å². The standard InChI is InChI=1S/C24H35FO/c1-26-18-20-7-11-22(12-8-20)24-15-13-23(14-16-24)21-9-5-19(6-10-21)4-2-3-17-25/h3,7-8,11-12,17,19,21,23-24H,2,4-6,9-10,13-16,18H2,1H3/b17-3+/t19-,21-,23-,24-. The number of benzene rings is 1. The minimum Gasteiger partial charge on any atom is -0.380 e. The number of allylic oxidation sites excluding steroid dienone is 1. The fourth-order valence-electron chi connectivity index (χ4n) is 5.32. The van der Waals surface area contributed by atoms with Crippen LogP contribution in [0.1, 0.15) is 81.3 Å². The lowest BCUT2D eigenvalue weighted by Crippen LogP contribution is -2.25. The first-order valence-corrected chi connectivity index (χ1v) is 10.6. The Balaban J connectivity index is 1.41. The van der Waals surface area contributed by atoms with E-state index in [1.807, 2.05) is 0 Å². The maximum Gasteiger partial charge on any atom is 0.0827 e. The summed E-state index contributed by atoms with van der Waals surface area (Å²) in [6, 6.07) is 9.08. The van der Waals surface area contributed by atoms with Gasteiger partial charge in [0.15, 0.2) is 0 Å². The van der Waals surface area contributed by atoms with E-state index < -0.39 is 0 Å². The first-order valence-electron chi connectivity index (χ1n) is 10.6. The Labute approximate surface area is 159 Å². The third-order valence-corrected chi connectivity index (χ3v) is 6.92. The van der Waals surface area contributed by atoms with Crippen molar-refractivity contribution in [2.75, 3.05) is 7.11 Å². The molecule has 2 aliphatic rings. The quantitative estimate of drug-likeness (QED) is 0.502. The second-order valence-electron chi connectivity index (χ2n) is 8.51. The summed E-state index contributed by atoms with van der Waals surface area (Å²) in [6.07, 6.45) is 15.6. The number of hydrogen-bond acceptors (Lipinski definition) is 1. The summed E-state index contributed by atoms with van der Waals surface area (Å²) in [5, 5.41) is 0. The molecule has 0 amide bonds. The highest BCUT2D eigenvalue weighted by atomic mass is 19.1. The van der Waals surface area contributed by atoms with Gasteiger partial charge in [-0.25, -0.2) is 4.39 Å². The first-order chi connectivity index (χ1) is 12.8. The third kappa shape index (κ3) is 5.42. The van der Waals surface area contributed by atoms with E-state index in [-0.39, 0.29) is 0 Å². The Morgan fingerprint density at radius 1 is 0.923 bits per heavy atom. The summed E-state index contributed by atoms with van der Waals surface area (Å²) in [5.74, 6) is 3.50. The van der Waals surface area contributed by atoms with E-state index in [2.05, 4.69) is 24.3 Å².